The molecule has 150 valence electrons. The van der Waals surface area contributed by atoms with E-state index in [2.05, 4.69) is 5.10 Å². The Labute approximate surface area is 172 Å². The van der Waals surface area contributed by atoms with Gasteiger partial charge in [0, 0.05) is 35.8 Å². The highest BCUT2D eigenvalue weighted by Gasteiger charge is 2.19. The molecule has 0 atom stereocenters. The van der Waals surface area contributed by atoms with Gasteiger partial charge in [0.1, 0.15) is 0 Å². The predicted octanol–water partition coefficient (Wildman–Crippen LogP) is 2.84. The van der Waals surface area contributed by atoms with Gasteiger partial charge in [0.2, 0.25) is 5.78 Å². The summed E-state index contributed by atoms with van der Waals surface area (Å²) in [6.07, 6.45) is 0.220. The van der Waals surface area contributed by atoms with E-state index in [0.29, 0.717) is 28.4 Å². The van der Waals surface area contributed by atoms with Crippen LogP contribution in [0.3, 0.4) is 0 Å². The van der Waals surface area contributed by atoms with Gasteiger partial charge in [0.15, 0.2) is 0 Å². The van der Waals surface area contributed by atoms with Crippen molar-refractivity contribution in [2.75, 3.05) is 0 Å². The van der Waals surface area contributed by atoms with Crippen molar-refractivity contribution in [1.82, 2.24) is 14.3 Å². The molecule has 0 radical (unpaired) electrons. The third-order valence-corrected chi connectivity index (χ3v) is 4.92. The second kappa shape index (κ2) is 8.45. The molecule has 2 aromatic heterocycles. The van der Waals surface area contributed by atoms with Crippen LogP contribution in [0.25, 0.3) is 0 Å². The number of carboxylic acids is 1. The van der Waals surface area contributed by atoms with Crippen LogP contribution in [0.1, 0.15) is 39.4 Å². The van der Waals surface area contributed by atoms with E-state index in [9.17, 15) is 14.4 Å². The van der Waals surface area contributed by atoms with Gasteiger partial charge in [-0.15, -0.1) is 0 Å². The molecule has 0 amide bonds. The third kappa shape index (κ3) is 4.63. The fraction of sp³-hybridized carbons (Fsp3) is 0.238. The molecule has 7 nitrogen and oxygen atoms in total. The van der Waals surface area contributed by atoms with Crippen molar-refractivity contribution in [3.05, 3.63) is 86.0 Å². The van der Waals surface area contributed by atoms with Gasteiger partial charge in [-0.2, -0.15) is 5.10 Å². The first-order chi connectivity index (χ1) is 13.8. The number of hydrogen-bond donors (Lipinski definition) is 1. The number of ketones is 1. The van der Waals surface area contributed by atoms with Crippen molar-refractivity contribution >= 4 is 23.4 Å². The first kappa shape index (κ1) is 20.5. The fourth-order valence-electron chi connectivity index (χ4n) is 3.20. The van der Waals surface area contributed by atoms with E-state index in [1.54, 1.807) is 30.3 Å². The van der Waals surface area contributed by atoms with Crippen molar-refractivity contribution in [2.24, 2.45) is 7.05 Å². The molecule has 1 aromatic carbocycles. The van der Waals surface area contributed by atoms with Gasteiger partial charge in [-0.1, -0.05) is 11.6 Å². The molecule has 0 bridgehead atoms. The molecule has 29 heavy (non-hydrogen) atoms. The van der Waals surface area contributed by atoms with E-state index in [-0.39, 0.29) is 24.3 Å². The highest BCUT2D eigenvalue weighted by Crippen LogP contribution is 2.21. The molecule has 3 aromatic rings. The fourth-order valence-corrected chi connectivity index (χ4v) is 3.32. The SMILES string of the molecule is Cc1cc(Cc2ccc(=O)n(CCC(=O)O)n2)n(C)c1C(=O)c1ccc(Cl)cc1. The summed E-state index contributed by atoms with van der Waals surface area (Å²) in [5.74, 6) is -1.10. The largest absolute Gasteiger partial charge is 0.481 e. The van der Waals surface area contributed by atoms with Gasteiger partial charge in [0.05, 0.1) is 24.4 Å². The van der Waals surface area contributed by atoms with E-state index in [0.717, 1.165) is 15.9 Å². The van der Waals surface area contributed by atoms with Gasteiger partial charge in [-0.05, 0) is 48.9 Å². The number of aryl methyl sites for hydroxylation is 2. The van der Waals surface area contributed by atoms with Crippen molar-refractivity contribution in [3.63, 3.8) is 0 Å². The van der Waals surface area contributed by atoms with E-state index in [4.69, 9.17) is 16.7 Å². The Bertz CT molecular complexity index is 1130. The summed E-state index contributed by atoms with van der Waals surface area (Å²) in [6.45, 7) is 1.88. The number of halogens is 1. The molecule has 2 heterocycles. The molecule has 0 aliphatic carbocycles. The number of rotatable bonds is 7. The zero-order valence-electron chi connectivity index (χ0n) is 16.1. The molecule has 0 saturated carbocycles. The molecule has 3 rings (SSSR count). The van der Waals surface area contributed by atoms with Gasteiger partial charge >= 0.3 is 5.97 Å². The van der Waals surface area contributed by atoms with Crippen LogP contribution in [0, 0.1) is 6.92 Å². The summed E-state index contributed by atoms with van der Waals surface area (Å²) in [5.41, 5.74) is 3.07. The van der Waals surface area contributed by atoms with Crippen LogP contribution >= 0.6 is 11.6 Å². The quantitative estimate of drug-likeness (QED) is 0.601. The maximum atomic E-state index is 12.9. The summed E-state index contributed by atoms with van der Waals surface area (Å²) < 4.78 is 2.97. The normalized spacial score (nSPS) is 10.9. The average Bonchev–Trinajstić information content (AvgIpc) is 2.95. The lowest BCUT2D eigenvalue weighted by atomic mass is 10.1. The minimum absolute atomic E-state index is 0.00841. The number of hydrogen-bond acceptors (Lipinski definition) is 4. The standard InChI is InChI=1S/C21H20ClN3O4/c1-13-11-17(12-16-7-8-18(26)25(23-16)10-9-19(27)28)24(2)20(13)21(29)14-3-5-15(22)6-4-14/h3-8,11H,9-10,12H2,1-2H3,(H,27,28). The maximum absolute atomic E-state index is 12.9. The first-order valence-corrected chi connectivity index (χ1v) is 9.38. The minimum atomic E-state index is -0.993. The van der Waals surface area contributed by atoms with E-state index < -0.39 is 5.97 Å². The summed E-state index contributed by atoms with van der Waals surface area (Å²) in [7, 11) is 1.81. The molecule has 0 fully saturated rings. The smallest absolute Gasteiger partial charge is 0.305 e. The van der Waals surface area contributed by atoms with Crippen LogP contribution in [0.5, 0.6) is 0 Å². The summed E-state index contributed by atoms with van der Waals surface area (Å²) >= 11 is 5.90. The first-order valence-electron chi connectivity index (χ1n) is 9.00. The van der Waals surface area contributed by atoms with Crippen molar-refractivity contribution in [2.45, 2.75) is 26.3 Å². The van der Waals surface area contributed by atoms with Crippen molar-refractivity contribution < 1.29 is 14.7 Å². The van der Waals surface area contributed by atoms with E-state index >= 15 is 0 Å². The topological polar surface area (TPSA) is 94.2 Å². The molecule has 0 aliphatic rings. The molecule has 0 aliphatic heterocycles. The van der Waals surface area contributed by atoms with Gasteiger partial charge in [0.25, 0.3) is 5.56 Å². The van der Waals surface area contributed by atoms with Crippen LogP contribution in [0.2, 0.25) is 5.02 Å². The van der Waals surface area contributed by atoms with Gasteiger partial charge in [-0.3, -0.25) is 14.4 Å². The highest BCUT2D eigenvalue weighted by atomic mass is 35.5. The highest BCUT2D eigenvalue weighted by molar-refractivity contribution is 6.30. The number of carboxylic acid groups (broad SMARTS) is 1. The molecule has 0 spiro atoms. The van der Waals surface area contributed by atoms with Crippen LogP contribution < -0.4 is 5.56 Å². The zero-order chi connectivity index (χ0) is 21.1. The predicted molar refractivity (Wildman–Crippen MR) is 109 cm³/mol. The Kier molecular flexibility index (Phi) is 5.98. The van der Waals surface area contributed by atoms with Gasteiger partial charge in [-0.25, -0.2) is 4.68 Å². The van der Waals surface area contributed by atoms with E-state index in [1.807, 2.05) is 24.6 Å². The Morgan fingerprint density at radius 3 is 2.48 bits per heavy atom. The number of carbonyl (C=O) groups is 2. The summed E-state index contributed by atoms with van der Waals surface area (Å²) in [5, 5.41) is 13.6. The Balaban J connectivity index is 1.88. The van der Waals surface area contributed by atoms with Crippen LogP contribution in [0.4, 0.5) is 0 Å². The lowest BCUT2D eigenvalue weighted by Gasteiger charge is -2.09. The van der Waals surface area contributed by atoms with Crippen molar-refractivity contribution in [3.8, 4) is 0 Å². The van der Waals surface area contributed by atoms with Crippen LogP contribution in [0.15, 0.2) is 47.3 Å². The number of aromatic nitrogens is 3. The third-order valence-electron chi connectivity index (χ3n) is 4.67. The van der Waals surface area contributed by atoms with Crippen LogP contribution in [-0.4, -0.2) is 31.2 Å². The monoisotopic (exact) mass is 413 g/mol. The number of carbonyl (C=O) groups excluding carboxylic acids is 1. The lowest BCUT2D eigenvalue weighted by Crippen LogP contribution is -2.24. The summed E-state index contributed by atoms with van der Waals surface area (Å²) in [6, 6.07) is 11.6. The zero-order valence-corrected chi connectivity index (χ0v) is 16.8. The molecular weight excluding hydrogens is 394 g/mol. The maximum Gasteiger partial charge on any atom is 0.305 e. The minimum Gasteiger partial charge on any atom is -0.481 e. The number of benzene rings is 1. The molecule has 8 heteroatoms. The second-order valence-electron chi connectivity index (χ2n) is 6.77. The Morgan fingerprint density at radius 2 is 1.83 bits per heavy atom. The van der Waals surface area contributed by atoms with E-state index in [1.165, 1.54) is 6.07 Å². The van der Waals surface area contributed by atoms with Crippen molar-refractivity contribution in [1.29, 1.82) is 0 Å². The molecule has 1 N–H and O–H groups in total. The Hall–Kier alpha value is -3.19. The second-order valence-corrected chi connectivity index (χ2v) is 7.21. The molecular formula is C21H20ClN3O4. The summed E-state index contributed by atoms with van der Waals surface area (Å²) in [4.78, 5) is 35.6. The molecule has 0 saturated heterocycles. The Morgan fingerprint density at radius 1 is 1.14 bits per heavy atom. The van der Waals surface area contributed by atoms with Crippen LogP contribution in [-0.2, 0) is 24.8 Å². The van der Waals surface area contributed by atoms with Gasteiger partial charge < -0.3 is 9.67 Å². The number of nitrogens with zero attached hydrogens (tertiary/aromatic N) is 3. The lowest BCUT2D eigenvalue weighted by molar-refractivity contribution is -0.137. The average molecular weight is 414 g/mol. The number of aliphatic carboxylic acids is 1. The molecule has 0 unspecified atom stereocenters.